The van der Waals surface area contributed by atoms with Crippen LogP contribution in [0.1, 0.15) is 244 Å². The number of benzene rings is 5. The van der Waals surface area contributed by atoms with Gasteiger partial charge in [-0.25, -0.2) is 0 Å². The van der Waals surface area contributed by atoms with Crippen LogP contribution in [0.2, 0.25) is 0 Å². The first kappa shape index (κ1) is 59.5. The number of hydrogen-bond donors (Lipinski definition) is 2. The summed E-state index contributed by atoms with van der Waals surface area (Å²) >= 11 is 0. The lowest BCUT2D eigenvalue weighted by atomic mass is 9.60. The van der Waals surface area contributed by atoms with Gasteiger partial charge >= 0.3 is 0 Å². The molecule has 0 heterocycles. The summed E-state index contributed by atoms with van der Waals surface area (Å²) in [4.78, 5) is 23.8. The molecule has 0 aliphatic heterocycles. The van der Waals surface area contributed by atoms with E-state index < -0.39 is 29.8 Å². The fourth-order valence-electron chi connectivity index (χ4n) is 10.9. The smallest absolute Gasteiger partial charge is 0.218 e. The summed E-state index contributed by atoms with van der Waals surface area (Å²) in [6.07, 6.45) is 0. The molecule has 3 unspecified atom stereocenters. The molecule has 6 rings (SSSR count). The Balaban J connectivity index is 2.17. The van der Waals surface area contributed by atoms with E-state index in [-0.39, 0.29) is 43.3 Å². The van der Waals surface area contributed by atoms with Gasteiger partial charge in [0.05, 0.1) is 5.92 Å². The molecule has 3 atom stereocenters. The zero-order valence-electron chi connectivity index (χ0n) is 50.1. The van der Waals surface area contributed by atoms with Gasteiger partial charge in [0.25, 0.3) is 0 Å². The van der Waals surface area contributed by atoms with Crippen molar-refractivity contribution < 1.29 is 18.8 Å². The molecule has 400 valence electrons. The monoisotopic (exact) mass is 1040 g/mol. The standard InChI is InChI=1S/C68H94O4P2/c1-60(2,3)43-30-34-47(51(38-43)64(13,14)15)56-55(42-28-26-25-27-29-42)57(48-35-31-44(61(4,5)6)39-52(48)65(16,17)18)59(50-37-33-46(63(10,11)12)41-54(50)67(22,23)24)68(71-73-69,72-74-70)58(56)49-36-32-45(62(7,8)9)40-53(49)66(19,20)21/h25-41,58,69-70,73-74H,1-24H3. The fourth-order valence-corrected chi connectivity index (χ4v) is 11.8. The Morgan fingerprint density at radius 2 is 0.703 bits per heavy atom. The fraction of sp³-hybridized carbons (Fsp3) is 0.500. The zero-order chi connectivity index (χ0) is 55.7. The molecule has 0 amide bonds. The molecule has 0 bridgehead atoms. The van der Waals surface area contributed by atoms with E-state index >= 15 is 0 Å². The van der Waals surface area contributed by atoms with E-state index in [2.05, 4.69) is 269 Å². The van der Waals surface area contributed by atoms with Gasteiger partial charge < -0.3 is 9.79 Å². The van der Waals surface area contributed by atoms with Crippen LogP contribution in [0.25, 0.3) is 22.3 Å². The average molecular weight is 1040 g/mol. The van der Waals surface area contributed by atoms with Crippen molar-refractivity contribution in [3.63, 3.8) is 0 Å². The van der Waals surface area contributed by atoms with Crippen LogP contribution < -0.4 is 0 Å². The zero-order valence-corrected chi connectivity index (χ0v) is 52.1. The lowest BCUT2D eigenvalue weighted by Gasteiger charge is -2.50. The molecule has 0 spiro atoms. The Morgan fingerprint density at radius 3 is 1.08 bits per heavy atom. The van der Waals surface area contributed by atoms with E-state index in [0.29, 0.717) is 0 Å². The molecule has 2 N–H and O–H groups in total. The first-order chi connectivity index (χ1) is 33.7. The van der Waals surface area contributed by atoms with Gasteiger partial charge in [-0.05, 0) is 132 Å². The van der Waals surface area contributed by atoms with E-state index in [0.717, 1.165) is 61.2 Å². The maximum atomic E-state index is 11.9. The van der Waals surface area contributed by atoms with E-state index in [1.807, 2.05) is 0 Å². The van der Waals surface area contributed by atoms with Gasteiger partial charge in [0.2, 0.25) is 5.79 Å². The maximum Gasteiger partial charge on any atom is 0.218 e. The number of rotatable bonds is 9. The largest absolute Gasteiger partial charge is 0.352 e. The summed E-state index contributed by atoms with van der Waals surface area (Å²) in [7, 11) is -2.01. The molecule has 74 heavy (non-hydrogen) atoms. The third kappa shape index (κ3) is 12.0. The minimum absolute atomic E-state index is 0.132. The van der Waals surface area contributed by atoms with Crippen molar-refractivity contribution in [3.05, 3.63) is 175 Å². The van der Waals surface area contributed by atoms with Crippen LogP contribution in [0.5, 0.6) is 0 Å². The lowest BCUT2D eigenvalue weighted by molar-refractivity contribution is -0.0596. The average Bonchev–Trinajstić information content (AvgIpc) is 3.26. The highest BCUT2D eigenvalue weighted by atomic mass is 31.1. The van der Waals surface area contributed by atoms with Crippen LogP contribution in [-0.2, 0) is 52.4 Å². The van der Waals surface area contributed by atoms with Crippen LogP contribution in [0.4, 0.5) is 0 Å². The van der Waals surface area contributed by atoms with Gasteiger partial charge in [0.15, 0.2) is 18.1 Å². The molecule has 0 saturated carbocycles. The van der Waals surface area contributed by atoms with Crippen LogP contribution in [0.3, 0.4) is 0 Å². The van der Waals surface area contributed by atoms with Crippen molar-refractivity contribution >= 4 is 40.4 Å². The Kier molecular flexibility index (Phi) is 16.6. The highest BCUT2D eigenvalue weighted by molar-refractivity contribution is 7.26. The highest BCUT2D eigenvalue weighted by Gasteiger charge is 2.57. The lowest BCUT2D eigenvalue weighted by Crippen LogP contribution is -2.45. The molecule has 0 radical (unpaired) electrons. The Morgan fingerprint density at radius 1 is 0.365 bits per heavy atom. The second-order valence-corrected chi connectivity index (χ2v) is 30.2. The van der Waals surface area contributed by atoms with Crippen LogP contribution in [0, 0.1) is 0 Å². The summed E-state index contributed by atoms with van der Waals surface area (Å²) in [5.41, 5.74) is 16.6. The molecular weight excluding hydrogens is 943 g/mol. The van der Waals surface area contributed by atoms with Gasteiger partial charge in [-0.3, -0.25) is 9.05 Å². The molecule has 6 heteroatoms. The molecule has 0 saturated heterocycles. The van der Waals surface area contributed by atoms with Crippen LogP contribution >= 0.6 is 18.1 Å². The second-order valence-electron chi connectivity index (χ2n) is 29.5. The molecule has 0 fully saturated rings. The summed E-state index contributed by atoms with van der Waals surface area (Å²) in [6, 6.07) is 39.1. The van der Waals surface area contributed by atoms with Crippen molar-refractivity contribution in [2.45, 2.75) is 221 Å². The number of allylic oxidation sites excluding steroid dienone is 2. The van der Waals surface area contributed by atoms with Crippen LogP contribution in [-0.4, -0.2) is 15.6 Å². The first-order valence-electron chi connectivity index (χ1n) is 27.0. The van der Waals surface area contributed by atoms with Crippen molar-refractivity contribution in [1.29, 1.82) is 0 Å². The highest BCUT2D eigenvalue weighted by Crippen LogP contribution is 2.66. The van der Waals surface area contributed by atoms with Crippen molar-refractivity contribution in [1.82, 2.24) is 0 Å². The van der Waals surface area contributed by atoms with Crippen molar-refractivity contribution in [2.75, 3.05) is 0 Å². The Hall–Kier alpha value is -3.72. The predicted molar refractivity (Wildman–Crippen MR) is 324 cm³/mol. The number of hydrogen-bond acceptors (Lipinski definition) is 4. The van der Waals surface area contributed by atoms with E-state index in [1.54, 1.807) is 0 Å². The predicted octanol–water partition coefficient (Wildman–Crippen LogP) is 19.1. The van der Waals surface area contributed by atoms with Gasteiger partial charge in [-0.1, -0.05) is 269 Å². The molecule has 5 aromatic carbocycles. The van der Waals surface area contributed by atoms with E-state index in [1.165, 1.54) is 33.4 Å². The van der Waals surface area contributed by atoms with E-state index in [4.69, 9.17) is 9.05 Å². The van der Waals surface area contributed by atoms with Crippen molar-refractivity contribution in [2.24, 2.45) is 0 Å². The SMILES string of the molecule is CC(C)(C)c1ccc(C2=C(c3ccc(C(C)(C)C)cc3C(C)(C)C)C(OPO)(OPO)C(c3ccc(C(C)(C)C)cc3C(C)(C)C)C(c3ccc(C(C)(C)C)cc3C(C)(C)C)=C2c2ccccc2)c(C(C)(C)C)c1. The summed E-state index contributed by atoms with van der Waals surface area (Å²) in [5, 5.41) is 0. The van der Waals surface area contributed by atoms with E-state index in [9.17, 15) is 9.79 Å². The molecule has 0 aromatic heterocycles. The minimum atomic E-state index is -1.81. The van der Waals surface area contributed by atoms with Crippen molar-refractivity contribution in [3.8, 4) is 0 Å². The molecular formula is C68H94O4P2. The summed E-state index contributed by atoms with van der Waals surface area (Å²) in [6.45, 7) is 55.0. The topological polar surface area (TPSA) is 58.9 Å². The third-order valence-electron chi connectivity index (χ3n) is 15.2. The van der Waals surface area contributed by atoms with Gasteiger partial charge in [0, 0.05) is 5.57 Å². The molecule has 5 aromatic rings. The normalized spacial score (nSPS) is 18.2. The van der Waals surface area contributed by atoms with Gasteiger partial charge in [-0.2, -0.15) is 0 Å². The first-order valence-corrected chi connectivity index (χ1v) is 28.7. The molecule has 4 nitrogen and oxygen atoms in total. The minimum Gasteiger partial charge on any atom is -0.352 e. The van der Waals surface area contributed by atoms with Gasteiger partial charge in [0.1, 0.15) is 0 Å². The second kappa shape index (κ2) is 20.6. The quantitative estimate of drug-likeness (QED) is 0.114. The Labute approximate surface area is 453 Å². The Bertz CT molecular complexity index is 2910. The van der Waals surface area contributed by atoms with Gasteiger partial charge in [-0.15, -0.1) is 0 Å². The molecule has 1 aliphatic rings. The third-order valence-corrected chi connectivity index (χ3v) is 16.0. The molecule has 1 aliphatic carbocycles. The summed E-state index contributed by atoms with van der Waals surface area (Å²) < 4.78 is 14.8. The summed E-state index contributed by atoms with van der Waals surface area (Å²) in [5.74, 6) is -2.56. The van der Waals surface area contributed by atoms with Crippen LogP contribution in [0.15, 0.2) is 103 Å². The maximum absolute atomic E-state index is 11.9.